The number of hydrogen-bond acceptors (Lipinski definition) is 8. The summed E-state index contributed by atoms with van der Waals surface area (Å²) in [5.41, 5.74) is -1.97. The topological polar surface area (TPSA) is 136 Å². The highest BCUT2D eigenvalue weighted by molar-refractivity contribution is 7.10. The van der Waals surface area contributed by atoms with Gasteiger partial charge in [0.15, 0.2) is 0 Å². The van der Waals surface area contributed by atoms with E-state index in [0.717, 1.165) is 35.3 Å². The molecule has 0 radical (unpaired) electrons. The van der Waals surface area contributed by atoms with Gasteiger partial charge in [0.2, 0.25) is 0 Å². The maximum atomic E-state index is 11.7. The molecule has 112 valence electrons. The number of rotatable bonds is 6. The Kier molecular flexibility index (Phi) is 4.42. The fraction of sp³-hybridized carbons (Fsp3) is 0.400. The first-order chi connectivity index (χ1) is 10.0. The zero-order valence-corrected chi connectivity index (χ0v) is 11.8. The van der Waals surface area contributed by atoms with Gasteiger partial charge in [-0.05, 0) is 6.42 Å². The molecule has 21 heavy (non-hydrogen) atoms. The van der Waals surface area contributed by atoms with E-state index in [9.17, 15) is 19.7 Å². The van der Waals surface area contributed by atoms with Crippen LogP contribution < -0.4 is 16.6 Å². The number of hydrogen-bond donors (Lipinski definition) is 2. The van der Waals surface area contributed by atoms with E-state index in [1.165, 1.54) is 0 Å². The van der Waals surface area contributed by atoms with Crippen LogP contribution in [0.25, 0.3) is 0 Å². The van der Waals surface area contributed by atoms with Crippen LogP contribution in [0.15, 0.2) is 15.8 Å². The summed E-state index contributed by atoms with van der Waals surface area (Å²) in [6.45, 7) is 2.70. The minimum absolute atomic E-state index is 0.0149. The van der Waals surface area contributed by atoms with Crippen LogP contribution in [0.2, 0.25) is 0 Å². The molecule has 11 heteroatoms. The highest BCUT2D eigenvalue weighted by atomic mass is 32.1. The number of nitro groups is 1. The molecule has 10 nitrogen and oxygen atoms in total. The number of aromatic amines is 1. The van der Waals surface area contributed by atoms with Crippen molar-refractivity contribution in [1.29, 1.82) is 0 Å². The van der Waals surface area contributed by atoms with Gasteiger partial charge in [-0.3, -0.25) is 24.5 Å². The minimum Gasteiger partial charge on any atom is -0.374 e. The van der Waals surface area contributed by atoms with Crippen LogP contribution in [0.3, 0.4) is 0 Å². The monoisotopic (exact) mass is 312 g/mol. The molecule has 2 rings (SSSR count). The van der Waals surface area contributed by atoms with E-state index >= 15 is 0 Å². The molecule has 0 atom stereocenters. The molecule has 0 spiro atoms. The third kappa shape index (κ3) is 3.31. The maximum absolute atomic E-state index is 11.7. The molecule has 0 aliphatic rings. The van der Waals surface area contributed by atoms with E-state index in [4.69, 9.17) is 0 Å². The van der Waals surface area contributed by atoms with Crippen molar-refractivity contribution < 1.29 is 4.92 Å². The molecule has 0 unspecified atom stereocenters. The van der Waals surface area contributed by atoms with Gasteiger partial charge in [-0.1, -0.05) is 11.4 Å². The van der Waals surface area contributed by atoms with Crippen molar-refractivity contribution in [3.63, 3.8) is 0 Å². The summed E-state index contributed by atoms with van der Waals surface area (Å²) >= 11 is 1.13. The molecule has 0 saturated heterocycles. The van der Waals surface area contributed by atoms with Gasteiger partial charge in [-0.2, -0.15) is 0 Å². The van der Waals surface area contributed by atoms with Gasteiger partial charge in [-0.15, -0.1) is 5.10 Å². The standard InChI is InChI=1S/C10H12N6O4S/c1-2-3-11-9-6(13-14-21-9)4-15-5-7(16(19)20)8(17)12-10(15)18/h5,11H,2-4H2,1H3,(H,12,17,18). The van der Waals surface area contributed by atoms with Gasteiger partial charge >= 0.3 is 16.9 Å². The summed E-state index contributed by atoms with van der Waals surface area (Å²) in [5, 5.41) is 18.4. The molecule has 0 aliphatic heterocycles. The van der Waals surface area contributed by atoms with E-state index in [0.29, 0.717) is 10.7 Å². The lowest BCUT2D eigenvalue weighted by molar-refractivity contribution is -0.386. The number of nitrogens with one attached hydrogen (secondary N) is 2. The highest BCUT2D eigenvalue weighted by Crippen LogP contribution is 2.18. The Morgan fingerprint density at radius 3 is 2.95 bits per heavy atom. The van der Waals surface area contributed by atoms with E-state index in [2.05, 4.69) is 14.9 Å². The van der Waals surface area contributed by atoms with Crippen LogP contribution in [0.1, 0.15) is 19.0 Å². The van der Waals surface area contributed by atoms with Crippen molar-refractivity contribution >= 4 is 22.2 Å². The molecule has 0 saturated carbocycles. The number of H-pyrrole nitrogens is 1. The molecule has 0 aromatic carbocycles. The lowest BCUT2D eigenvalue weighted by Crippen LogP contribution is -2.31. The Morgan fingerprint density at radius 2 is 2.29 bits per heavy atom. The second-order valence-corrected chi connectivity index (χ2v) is 4.89. The van der Waals surface area contributed by atoms with Crippen molar-refractivity contribution in [3.8, 4) is 0 Å². The second-order valence-electron chi connectivity index (χ2n) is 4.13. The average molecular weight is 312 g/mol. The predicted molar refractivity (Wildman–Crippen MR) is 75.8 cm³/mol. The largest absolute Gasteiger partial charge is 0.374 e. The zero-order chi connectivity index (χ0) is 15.4. The summed E-state index contributed by atoms with van der Waals surface area (Å²) < 4.78 is 4.81. The van der Waals surface area contributed by atoms with Gasteiger partial charge < -0.3 is 5.32 Å². The molecule has 0 bridgehead atoms. The van der Waals surface area contributed by atoms with Gasteiger partial charge in [0.1, 0.15) is 10.7 Å². The van der Waals surface area contributed by atoms with E-state index in [1.807, 2.05) is 11.9 Å². The molecule has 0 fully saturated rings. The van der Waals surface area contributed by atoms with Crippen LogP contribution >= 0.6 is 11.5 Å². The Morgan fingerprint density at radius 1 is 1.52 bits per heavy atom. The molecule has 2 N–H and O–H groups in total. The number of anilines is 1. The fourth-order valence-corrected chi connectivity index (χ4v) is 2.19. The van der Waals surface area contributed by atoms with E-state index < -0.39 is 21.9 Å². The van der Waals surface area contributed by atoms with Crippen molar-refractivity contribution in [2.45, 2.75) is 19.9 Å². The predicted octanol–water partition coefficient (Wildman–Crippen LogP) is 0.166. The van der Waals surface area contributed by atoms with E-state index in [-0.39, 0.29) is 6.54 Å². The van der Waals surface area contributed by atoms with Gasteiger partial charge in [0, 0.05) is 18.1 Å². The van der Waals surface area contributed by atoms with Crippen molar-refractivity contribution in [2.75, 3.05) is 11.9 Å². The molecular weight excluding hydrogens is 300 g/mol. The second kappa shape index (κ2) is 6.26. The zero-order valence-electron chi connectivity index (χ0n) is 11.0. The first kappa shape index (κ1) is 14.8. The van der Waals surface area contributed by atoms with Gasteiger partial charge in [0.25, 0.3) is 0 Å². The quantitative estimate of drug-likeness (QED) is 0.573. The number of aromatic nitrogens is 4. The molecule has 2 aromatic rings. The number of nitrogens with zero attached hydrogens (tertiary/aromatic N) is 4. The SMILES string of the molecule is CCCNc1snnc1Cn1cc([N+](=O)[O-])c(=O)[nH]c1=O. The Bertz CT molecular complexity index is 763. The third-order valence-electron chi connectivity index (χ3n) is 2.60. The van der Waals surface area contributed by atoms with Crippen LogP contribution in [0.5, 0.6) is 0 Å². The lowest BCUT2D eigenvalue weighted by atomic mass is 10.4. The summed E-state index contributed by atoms with van der Waals surface area (Å²) in [6.07, 6.45) is 1.81. The first-order valence-corrected chi connectivity index (χ1v) is 6.83. The first-order valence-electron chi connectivity index (χ1n) is 6.06. The fourth-order valence-electron chi connectivity index (χ4n) is 1.59. The van der Waals surface area contributed by atoms with E-state index in [1.54, 1.807) is 0 Å². The van der Waals surface area contributed by atoms with Crippen LogP contribution in [0.4, 0.5) is 10.7 Å². The van der Waals surface area contributed by atoms with Crippen LogP contribution in [-0.4, -0.2) is 30.6 Å². The maximum Gasteiger partial charge on any atom is 0.350 e. The Labute approximate surface area is 121 Å². The third-order valence-corrected chi connectivity index (χ3v) is 3.33. The van der Waals surface area contributed by atoms with Crippen molar-refractivity contribution in [1.82, 2.24) is 19.1 Å². The summed E-state index contributed by atoms with van der Waals surface area (Å²) in [6, 6.07) is 0. The Balaban J connectivity index is 2.34. The molecule has 2 aromatic heterocycles. The van der Waals surface area contributed by atoms with Gasteiger partial charge in [-0.25, -0.2) is 4.79 Å². The molecule has 0 amide bonds. The summed E-state index contributed by atoms with van der Waals surface area (Å²) in [7, 11) is 0. The smallest absolute Gasteiger partial charge is 0.350 e. The highest BCUT2D eigenvalue weighted by Gasteiger charge is 2.16. The molecule has 2 heterocycles. The molecular formula is C10H12N6O4S. The van der Waals surface area contributed by atoms with Crippen LogP contribution in [-0.2, 0) is 6.54 Å². The minimum atomic E-state index is -1.03. The average Bonchev–Trinajstić information content (AvgIpc) is 2.86. The van der Waals surface area contributed by atoms with Crippen molar-refractivity contribution in [2.24, 2.45) is 0 Å². The summed E-state index contributed by atoms with van der Waals surface area (Å²) in [4.78, 5) is 34.8. The summed E-state index contributed by atoms with van der Waals surface area (Å²) in [5.74, 6) is 0. The van der Waals surface area contributed by atoms with Crippen LogP contribution in [0, 0.1) is 10.1 Å². The van der Waals surface area contributed by atoms with Gasteiger partial charge in [0.05, 0.1) is 17.7 Å². The normalized spacial score (nSPS) is 10.5. The lowest BCUT2D eigenvalue weighted by Gasteiger charge is -2.05. The van der Waals surface area contributed by atoms with Crippen molar-refractivity contribution in [3.05, 3.63) is 42.8 Å². The Hall–Kier alpha value is -2.56. The molecule has 0 aliphatic carbocycles.